The van der Waals surface area contributed by atoms with Crippen LogP contribution in [0.15, 0.2) is 23.8 Å². The molecule has 0 aliphatic heterocycles. The molecule has 0 radical (unpaired) electrons. The minimum absolute atomic E-state index is 0.183. The fraction of sp³-hybridized carbons (Fsp3) is 0.600. The van der Waals surface area contributed by atoms with Crippen molar-refractivity contribution >= 4 is 0 Å². The zero-order valence-electron chi connectivity index (χ0n) is 7.09. The van der Waals surface area contributed by atoms with E-state index >= 15 is 0 Å². The second-order valence-electron chi connectivity index (χ2n) is 3.20. The Bertz CT molecular complexity index is 168. The molecule has 1 unspecified atom stereocenters. The van der Waals surface area contributed by atoms with Gasteiger partial charge < -0.3 is 5.11 Å². The van der Waals surface area contributed by atoms with E-state index in [0.29, 0.717) is 0 Å². The van der Waals surface area contributed by atoms with E-state index in [1.165, 1.54) is 18.4 Å². The molecule has 62 valence electrons. The first-order chi connectivity index (χ1) is 5.33. The summed E-state index contributed by atoms with van der Waals surface area (Å²) in [5.41, 5.74) is 1.31. The summed E-state index contributed by atoms with van der Waals surface area (Å²) in [4.78, 5) is 0. The quantitative estimate of drug-likeness (QED) is 0.615. The van der Waals surface area contributed by atoms with Crippen molar-refractivity contribution in [3.05, 3.63) is 23.8 Å². The Morgan fingerprint density at radius 2 is 2.55 bits per heavy atom. The van der Waals surface area contributed by atoms with Gasteiger partial charge in [-0.25, -0.2) is 0 Å². The monoisotopic (exact) mass is 152 g/mol. The van der Waals surface area contributed by atoms with Crippen LogP contribution in [0.5, 0.6) is 0 Å². The Labute approximate surface area is 68.4 Å². The maximum atomic E-state index is 8.62. The highest BCUT2D eigenvalue weighted by Crippen LogP contribution is 2.23. The first-order valence-electron chi connectivity index (χ1n) is 4.26. The van der Waals surface area contributed by atoms with Gasteiger partial charge in [-0.2, -0.15) is 0 Å². The highest BCUT2D eigenvalue weighted by molar-refractivity contribution is 5.06. The highest BCUT2D eigenvalue weighted by Gasteiger charge is 2.08. The number of hydrogen-bond donors (Lipinski definition) is 1. The lowest BCUT2D eigenvalue weighted by molar-refractivity contribution is 0.341. The Morgan fingerprint density at radius 1 is 1.73 bits per heavy atom. The molecule has 0 fully saturated rings. The standard InChI is InChI=1S/C10H16O/c1-9(6-7-11)8-10-4-2-3-5-10/h2,4,6,10-11H,3,5,7-8H2,1H3/b9-6-. The summed E-state index contributed by atoms with van der Waals surface area (Å²) < 4.78 is 0. The molecule has 0 saturated carbocycles. The topological polar surface area (TPSA) is 20.2 Å². The first-order valence-corrected chi connectivity index (χ1v) is 4.26. The van der Waals surface area contributed by atoms with E-state index in [-0.39, 0.29) is 6.61 Å². The molecule has 0 saturated heterocycles. The fourth-order valence-electron chi connectivity index (χ4n) is 1.52. The van der Waals surface area contributed by atoms with Gasteiger partial charge in [0.15, 0.2) is 0 Å². The van der Waals surface area contributed by atoms with E-state index in [0.717, 1.165) is 12.3 Å². The Morgan fingerprint density at radius 3 is 3.09 bits per heavy atom. The molecule has 11 heavy (non-hydrogen) atoms. The smallest absolute Gasteiger partial charge is 0.0614 e. The van der Waals surface area contributed by atoms with Crippen LogP contribution in [0.3, 0.4) is 0 Å². The average Bonchev–Trinajstić information content (AvgIpc) is 2.40. The molecule has 1 nitrogen and oxygen atoms in total. The van der Waals surface area contributed by atoms with Gasteiger partial charge in [-0.3, -0.25) is 0 Å². The number of aliphatic hydroxyl groups excluding tert-OH is 1. The van der Waals surface area contributed by atoms with E-state index < -0.39 is 0 Å². The second kappa shape index (κ2) is 4.35. The van der Waals surface area contributed by atoms with Gasteiger partial charge in [0.05, 0.1) is 6.61 Å². The van der Waals surface area contributed by atoms with E-state index in [4.69, 9.17) is 5.11 Å². The van der Waals surface area contributed by atoms with Crippen LogP contribution in [0, 0.1) is 5.92 Å². The molecular formula is C10H16O. The molecule has 1 aliphatic carbocycles. The lowest BCUT2D eigenvalue weighted by Crippen LogP contribution is -1.93. The van der Waals surface area contributed by atoms with Crippen LogP contribution in [0.1, 0.15) is 26.2 Å². The van der Waals surface area contributed by atoms with Crippen LogP contribution >= 0.6 is 0 Å². The van der Waals surface area contributed by atoms with E-state index in [1.54, 1.807) is 0 Å². The van der Waals surface area contributed by atoms with Crippen LogP contribution in [0.2, 0.25) is 0 Å². The molecule has 0 spiro atoms. The van der Waals surface area contributed by atoms with Crippen molar-refractivity contribution < 1.29 is 5.11 Å². The zero-order chi connectivity index (χ0) is 8.10. The summed E-state index contributed by atoms with van der Waals surface area (Å²) in [6.07, 6.45) is 10.1. The third kappa shape index (κ3) is 2.89. The molecule has 1 heteroatoms. The second-order valence-corrected chi connectivity index (χ2v) is 3.20. The number of allylic oxidation sites excluding steroid dienone is 3. The van der Waals surface area contributed by atoms with Gasteiger partial charge in [-0.15, -0.1) is 0 Å². The van der Waals surface area contributed by atoms with Crippen LogP contribution in [0.25, 0.3) is 0 Å². The molecule has 0 aromatic rings. The predicted molar refractivity (Wildman–Crippen MR) is 47.3 cm³/mol. The van der Waals surface area contributed by atoms with Gasteiger partial charge in [0.2, 0.25) is 0 Å². The van der Waals surface area contributed by atoms with E-state index in [1.807, 2.05) is 6.08 Å². The van der Waals surface area contributed by atoms with Crippen molar-refractivity contribution in [1.82, 2.24) is 0 Å². The number of hydrogen-bond acceptors (Lipinski definition) is 1. The molecule has 0 bridgehead atoms. The van der Waals surface area contributed by atoms with Crippen molar-refractivity contribution in [1.29, 1.82) is 0 Å². The van der Waals surface area contributed by atoms with Crippen LogP contribution in [0.4, 0.5) is 0 Å². The Balaban J connectivity index is 2.29. The maximum absolute atomic E-state index is 8.62. The molecule has 0 aromatic carbocycles. The van der Waals surface area contributed by atoms with Crippen molar-refractivity contribution in [2.24, 2.45) is 5.92 Å². The summed E-state index contributed by atoms with van der Waals surface area (Å²) in [5, 5.41) is 8.62. The molecule has 1 atom stereocenters. The predicted octanol–water partition coefficient (Wildman–Crippen LogP) is 2.28. The largest absolute Gasteiger partial charge is 0.392 e. The first kappa shape index (κ1) is 8.54. The van der Waals surface area contributed by atoms with Crippen molar-refractivity contribution in [2.75, 3.05) is 6.61 Å². The molecule has 0 heterocycles. The van der Waals surface area contributed by atoms with Crippen LogP contribution < -0.4 is 0 Å². The SMILES string of the molecule is C/C(=C/CO)CC1C=CCC1. The van der Waals surface area contributed by atoms with Crippen LogP contribution in [-0.4, -0.2) is 11.7 Å². The zero-order valence-corrected chi connectivity index (χ0v) is 7.09. The summed E-state index contributed by atoms with van der Waals surface area (Å²) in [6, 6.07) is 0. The lowest BCUT2D eigenvalue weighted by atomic mass is 10.00. The van der Waals surface area contributed by atoms with Gasteiger partial charge in [-0.05, 0) is 32.1 Å². The van der Waals surface area contributed by atoms with Gasteiger partial charge in [0.25, 0.3) is 0 Å². The normalized spacial score (nSPS) is 24.5. The minimum Gasteiger partial charge on any atom is -0.392 e. The summed E-state index contributed by atoms with van der Waals surface area (Å²) in [6.45, 7) is 2.27. The van der Waals surface area contributed by atoms with Gasteiger partial charge in [0.1, 0.15) is 0 Å². The molecule has 0 amide bonds. The highest BCUT2D eigenvalue weighted by atomic mass is 16.2. The minimum atomic E-state index is 0.183. The lowest BCUT2D eigenvalue weighted by Gasteiger charge is -2.06. The van der Waals surface area contributed by atoms with Gasteiger partial charge >= 0.3 is 0 Å². The summed E-state index contributed by atoms with van der Waals surface area (Å²) >= 11 is 0. The third-order valence-electron chi connectivity index (χ3n) is 2.14. The molecule has 0 aromatic heterocycles. The van der Waals surface area contributed by atoms with Crippen molar-refractivity contribution in [2.45, 2.75) is 26.2 Å². The molecule has 1 aliphatic rings. The summed E-state index contributed by atoms with van der Waals surface area (Å²) in [5.74, 6) is 0.734. The Hall–Kier alpha value is -0.560. The van der Waals surface area contributed by atoms with Crippen LogP contribution in [-0.2, 0) is 0 Å². The maximum Gasteiger partial charge on any atom is 0.0614 e. The molecule has 1 N–H and O–H groups in total. The van der Waals surface area contributed by atoms with Crippen molar-refractivity contribution in [3.8, 4) is 0 Å². The summed E-state index contributed by atoms with van der Waals surface area (Å²) in [7, 11) is 0. The number of aliphatic hydroxyl groups is 1. The van der Waals surface area contributed by atoms with E-state index in [9.17, 15) is 0 Å². The van der Waals surface area contributed by atoms with Gasteiger partial charge in [0, 0.05) is 0 Å². The molecule has 1 rings (SSSR count). The van der Waals surface area contributed by atoms with Gasteiger partial charge in [-0.1, -0.05) is 23.8 Å². The van der Waals surface area contributed by atoms with Crippen molar-refractivity contribution in [3.63, 3.8) is 0 Å². The van der Waals surface area contributed by atoms with E-state index in [2.05, 4.69) is 19.1 Å². The number of rotatable bonds is 3. The molecular weight excluding hydrogens is 136 g/mol. The fourth-order valence-corrected chi connectivity index (χ4v) is 1.52. The third-order valence-corrected chi connectivity index (χ3v) is 2.14. The Kier molecular flexibility index (Phi) is 3.37. The average molecular weight is 152 g/mol.